The van der Waals surface area contributed by atoms with E-state index >= 15 is 0 Å². The summed E-state index contributed by atoms with van der Waals surface area (Å²) in [6.45, 7) is 7.75. The molecule has 0 bridgehead atoms. The Balaban J connectivity index is 2.39. The molecule has 2 N–H and O–H groups in total. The van der Waals surface area contributed by atoms with Gasteiger partial charge >= 0.3 is 0 Å². The Bertz CT molecular complexity index is 553. The van der Waals surface area contributed by atoms with Crippen molar-refractivity contribution in [3.8, 4) is 0 Å². The van der Waals surface area contributed by atoms with Crippen LogP contribution in [0.1, 0.15) is 37.4 Å². The van der Waals surface area contributed by atoms with E-state index in [9.17, 15) is 9.59 Å². The minimum Gasteiger partial charge on any atom is -0.325 e. The zero-order chi connectivity index (χ0) is 15.1. The lowest BCUT2D eigenvalue weighted by Crippen LogP contribution is -2.64. The highest BCUT2D eigenvalue weighted by atomic mass is 32.1. The lowest BCUT2D eigenvalue weighted by Gasteiger charge is -2.39. The average molecular weight is 296 g/mol. The number of rotatable bonds is 3. The van der Waals surface area contributed by atoms with Gasteiger partial charge in [0.05, 0.1) is 5.69 Å². The lowest BCUT2D eigenvalue weighted by atomic mass is 10.00. The maximum atomic E-state index is 12.0. The van der Waals surface area contributed by atoms with Gasteiger partial charge in [0.15, 0.2) is 5.13 Å². The van der Waals surface area contributed by atoms with Crippen molar-refractivity contribution >= 4 is 28.3 Å². The number of anilines is 1. The monoisotopic (exact) mass is 296 g/mol. The molecule has 1 aliphatic heterocycles. The molecule has 2 amide bonds. The molecule has 0 spiro atoms. The standard InChI is InChI=1S/C13H20N4O2S/c1-7(14-5)10-8(2)15-12(20-10)17-6-9(18)16-11(19)13(17,3)4/h7,14H,6H2,1-5H3,(H,16,18,19). The van der Waals surface area contributed by atoms with Gasteiger partial charge in [0, 0.05) is 10.9 Å². The summed E-state index contributed by atoms with van der Waals surface area (Å²) in [6, 6.07) is 0.193. The van der Waals surface area contributed by atoms with E-state index in [2.05, 4.69) is 22.5 Å². The van der Waals surface area contributed by atoms with Gasteiger partial charge in [-0.1, -0.05) is 11.3 Å². The molecule has 6 nitrogen and oxygen atoms in total. The second-order valence-electron chi connectivity index (χ2n) is 5.48. The van der Waals surface area contributed by atoms with Gasteiger partial charge in [-0.3, -0.25) is 14.9 Å². The van der Waals surface area contributed by atoms with E-state index in [1.54, 1.807) is 18.7 Å². The number of carbonyl (C=O) groups excluding carboxylic acids is 2. The fourth-order valence-corrected chi connectivity index (χ4v) is 3.40. The summed E-state index contributed by atoms with van der Waals surface area (Å²) in [6.07, 6.45) is 0. The van der Waals surface area contributed by atoms with Crippen molar-refractivity contribution in [2.75, 3.05) is 18.5 Å². The van der Waals surface area contributed by atoms with E-state index in [0.29, 0.717) is 5.13 Å². The molecular weight excluding hydrogens is 276 g/mol. The average Bonchev–Trinajstić information content (AvgIpc) is 2.75. The summed E-state index contributed by atoms with van der Waals surface area (Å²) in [5, 5.41) is 6.27. The van der Waals surface area contributed by atoms with Crippen molar-refractivity contribution in [2.45, 2.75) is 39.3 Å². The summed E-state index contributed by atoms with van der Waals surface area (Å²) in [5.74, 6) is -0.574. The molecule has 1 unspecified atom stereocenters. The first kappa shape index (κ1) is 14.9. The smallest absolute Gasteiger partial charge is 0.251 e. The van der Waals surface area contributed by atoms with Crippen LogP contribution in [0.3, 0.4) is 0 Å². The van der Waals surface area contributed by atoms with E-state index in [1.807, 2.05) is 14.0 Å². The number of nitrogens with one attached hydrogen (secondary N) is 2. The van der Waals surface area contributed by atoms with E-state index in [1.165, 1.54) is 11.3 Å². The summed E-state index contributed by atoms with van der Waals surface area (Å²) < 4.78 is 0. The van der Waals surface area contributed by atoms with Crippen molar-refractivity contribution in [1.29, 1.82) is 0 Å². The Kier molecular flexibility index (Phi) is 3.84. The Labute approximate surface area is 122 Å². The first-order chi connectivity index (χ1) is 9.27. The molecule has 20 heavy (non-hydrogen) atoms. The Morgan fingerprint density at radius 2 is 2.10 bits per heavy atom. The van der Waals surface area contributed by atoms with Crippen molar-refractivity contribution < 1.29 is 9.59 Å². The van der Waals surface area contributed by atoms with E-state index in [4.69, 9.17) is 0 Å². The third-order valence-electron chi connectivity index (χ3n) is 3.66. The van der Waals surface area contributed by atoms with Gasteiger partial charge in [0.2, 0.25) is 5.91 Å². The maximum absolute atomic E-state index is 12.0. The van der Waals surface area contributed by atoms with Gasteiger partial charge in [-0.05, 0) is 34.7 Å². The number of hydrogen-bond donors (Lipinski definition) is 2. The zero-order valence-electron chi connectivity index (χ0n) is 12.4. The van der Waals surface area contributed by atoms with Gasteiger partial charge in [0.25, 0.3) is 5.91 Å². The zero-order valence-corrected chi connectivity index (χ0v) is 13.2. The molecule has 1 aliphatic rings. The second kappa shape index (κ2) is 5.14. The minimum atomic E-state index is -0.779. The summed E-state index contributed by atoms with van der Waals surface area (Å²) >= 11 is 1.53. The molecule has 7 heteroatoms. The number of aromatic nitrogens is 1. The van der Waals surface area contributed by atoms with Crippen LogP contribution in [0.5, 0.6) is 0 Å². The number of aryl methyl sites for hydroxylation is 1. The third-order valence-corrected chi connectivity index (χ3v) is 5.03. The van der Waals surface area contributed by atoms with Crippen LogP contribution in [-0.4, -0.2) is 35.9 Å². The SMILES string of the molecule is CNC(C)c1sc(N2CC(=O)NC(=O)C2(C)C)nc1C. The number of thiazole rings is 1. The van der Waals surface area contributed by atoms with Gasteiger partial charge in [-0.25, -0.2) is 4.98 Å². The van der Waals surface area contributed by atoms with Crippen LogP contribution >= 0.6 is 11.3 Å². The molecule has 0 aliphatic carbocycles. The number of imide groups is 1. The fourth-order valence-electron chi connectivity index (χ4n) is 2.13. The van der Waals surface area contributed by atoms with Crippen LogP contribution in [0, 0.1) is 6.92 Å². The van der Waals surface area contributed by atoms with Crippen molar-refractivity contribution in [3.05, 3.63) is 10.6 Å². The molecule has 1 aromatic heterocycles. The van der Waals surface area contributed by atoms with Crippen molar-refractivity contribution in [1.82, 2.24) is 15.6 Å². The minimum absolute atomic E-state index is 0.152. The largest absolute Gasteiger partial charge is 0.325 e. The molecule has 0 radical (unpaired) electrons. The van der Waals surface area contributed by atoms with Crippen LogP contribution in [-0.2, 0) is 9.59 Å². The van der Waals surface area contributed by atoms with Crippen molar-refractivity contribution in [3.63, 3.8) is 0 Å². The maximum Gasteiger partial charge on any atom is 0.251 e. The molecule has 1 aromatic rings. The predicted octanol–water partition coefficient (Wildman–Crippen LogP) is 0.973. The Hall–Kier alpha value is -1.47. The van der Waals surface area contributed by atoms with Crippen molar-refractivity contribution in [2.24, 2.45) is 0 Å². The highest BCUT2D eigenvalue weighted by molar-refractivity contribution is 7.15. The quantitative estimate of drug-likeness (QED) is 0.813. The van der Waals surface area contributed by atoms with E-state index in [0.717, 1.165) is 10.6 Å². The van der Waals surface area contributed by atoms with Crippen LogP contribution in [0.25, 0.3) is 0 Å². The molecule has 110 valence electrons. The molecule has 0 saturated carbocycles. The number of amides is 2. The number of hydrogen-bond acceptors (Lipinski definition) is 6. The van der Waals surface area contributed by atoms with Gasteiger partial charge in [-0.2, -0.15) is 0 Å². The van der Waals surface area contributed by atoms with Gasteiger partial charge in [0.1, 0.15) is 12.1 Å². The lowest BCUT2D eigenvalue weighted by molar-refractivity contribution is -0.135. The molecule has 1 saturated heterocycles. The Morgan fingerprint density at radius 1 is 1.45 bits per heavy atom. The highest BCUT2D eigenvalue weighted by Crippen LogP contribution is 2.34. The third kappa shape index (κ3) is 2.43. The number of carbonyl (C=O) groups is 2. The van der Waals surface area contributed by atoms with E-state index < -0.39 is 5.54 Å². The molecular formula is C13H20N4O2S. The van der Waals surface area contributed by atoms with E-state index in [-0.39, 0.29) is 24.4 Å². The Morgan fingerprint density at radius 3 is 2.70 bits per heavy atom. The number of piperazine rings is 1. The molecule has 2 rings (SSSR count). The molecule has 1 fully saturated rings. The second-order valence-corrected chi connectivity index (χ2v) is 6.49. The number of nitrogens with zero attached hydrogens (tertiary/aromatic N) is 2. The summed E-state index contributed by atoms with van der Waals surface area (Å²) in [4.78, 5) is 31.0. The van der Waals surface area contributed by atoms with Crippen LogP contribution < -0.4 is 15.5 Å². The first-order valence-electron chi connectivity index (χ1n) is 6.54. The van der Waals surface area contributed by atoms with Gasteiger partial charge < -0.3 is 10.2 Å². The van der Waals surface area contributed by atoms with Crippen LogP contribution in [0.2, 0.25) is 0 Å². The summed E-state index contributed by atoms with van der Waals surface area (Å²) in [7, 11) is 1.89. The molecule has 2 heterocycles. The summed E-state index contributed by atoms with van der Waals surface area (Å²) in [5.41, 5.74) is 0.152. The predicted molar refractivity (Wildman–Crippen MR) is 78.9 cm³/mol. The van der Waals surface area contributed by atoms with Crippen LogP contribution in [0.4, 0.5) is 5.13 Å². The molecule has 1 atom stereocenters. The topological polar surface area (TPSA) is 74.3 Å². The first-order valence-corrected chi connectivity index (χ1v) is 7.35. The van der Waals surface area contributed by atoms with Crippen LogP contribution in [0.15, 0.2) is 0 Å². The fraction of sp³-hybridized carbons (Fsp3) is 0.615. The normalized spacial score (nSPS) is 19.9. The highest BCUT2D eigenvalue weighted by Gasteiger charge is 2.42. The van der Waals surface area contributed by atoms with Gasteiger partial charge in [-0.15, -0.1) is 0 Å². The molecule has 0 aromatic carbocycles.